The maximum atomic E-state index is 3.53. The number of rotatable bonds is 4. The average Bonchev–Trinajstić information content (AvgIpc) is 2.30. The fraction of sp³-hybridized carbons (Fsp3) is 0.333. The van der Waals surface area contributed by atoms with Crippen molar-refractivity contribution in [2.24, 2.45) is 0 Å². The molecular formula is C12H12Br4. The minimum atomic E-state index is 0.883. The maximum absolute atomic E-state index is 3.53. The molecule has 0 aromatic heterocycles. The van der Waals surface area contributed by atoms with E-state index in [1.54, 1.807) is 0 Å². The Morgan fingerprint density at radius 2 is 0.688 bits per heavy atom. The van der Waals surface area contributed by atoms with Crippen molar-refractivity contribution in [2.75, 3.05) is 21.3 Å². The van der Waals surface area contributed by atoms with Crippen molar-refractivity contribution in [3.63, 3.8) is 0 Å². The van der Waals surface area contributed by atoms with Gasteiger partial charge in [0.05, 0.1) is 0 Å². The highest BCUT2D eigenvalue weighted by molar-refractivity contribution is 9.09. The van der Waals surface area contributed by atoms with E-state index in [1.807, 2.05) is 0 Å². The van der Waals surface area contributed by atoms with E-state index in [-0.39, 0.29) is 0 Å². The van der Waals surface area contributed by atoms with Crippen LogP contribution in [0.25, 0.3) is 0 Å². The number of allylic oxidation sites excluding steroid dienone is 8. The van der Waals surface area contributed by atoms with Gasteiger partial charge in [0.1, 0.15) is 0 Å². The molecule has 0 amide bonds. The molecule has 4 heteroatoms. The summed E-state index contributed by atoms with van der Waals surface area (Å²) >= 11 is 14.1. The van der Waals surface area contributed by atoms with Crippen molar-refractivity contribution in [1.82, 2.24) is 0 Å². The summed E-state index contributed by atoms with van der Waals surface area (Å²) in [6.45, 7) is 0. The monoisotopic (exact) mass is 472 g/mol. The van der Waals surface area contributed by atoms with Crippen molar-refractivity contribution in [3.05, 3.63) is 46.6 Å². The van der Waals surface area contributed by atoms with Crippen LogP contribution in [0.2, 0.25) is 0 Å². The van der Waals surface area contributed by atoms with E-state index in [4.69, 9.17) is 0 Å². The highest BCUT2D eigenvalue weighted by Crippen LogP contribution is 2.22. The molecule has 1 aliphatic rings. The molecule has 0 radical (unpaired) electrons. The van der Waals surface area contributed by atoms with E-state index in [0.717, 1.165) is 21.3 Å². The van der Waals surface area contributed by atoms with Gasteiger partial charge >= 0.3 is 0 Å². The Labute approximate surface area is 130 Å². The Morgan fingerprint density at radius 3 is 0.812 bits per heavy atom. The zero-order valence-corrected chi connectivity index (χ0v) is 15.0. The Balaban J connectivity index is 3.13. The van der Waals surface area contributed by atoms with Gasteiger partial charge in [0.25, 0.3) is 0 Å². The molecule has 0 bridgehead atoms. The number of hydrogen-bond donors (Lipinski definition) is 0. The summed E-state index contributed by atoms with van der Waals surface area (Å²) in [4.78, 5) is 0. The van der Waals surface area contributed by atoms with Gasteiger partial charge in [-0.15, -0.1) is 0 Å². The SMILES string of the molecule is BrCC1=C(CBr)C=CC(CBr)=C(CBr)C=C1. The molecule has 1 aliphatic carbocycles. The van der Waals surface area contributed by atoms with Crippen LogP contribution in [-0.2, 0) is 0 Å². The van der Waals surface area contributed by atoms with Gasteiger partial charge < -0.3 is 0 Å². The van der Waals surface area contributed by atoms with Crippen LogP contribution in [-0.4, -0.2) is 21.3 Å². The standard InChI is InChI=1S/C12H12Br4/c13-5-9-1-2-10(6-14)12(8-16)4-3-11(9)7-15/h1-4H,5-8H2. The highest BCUT2D eigenvalue weighted by Gasteiger charge is 2.05. The molecule has 0 aliphatic heterocycles. The second-order valence-electron chi connectivity index (χ2n) is 3.30. The van der Waals surface area contributed by atoms with Crippen LogP contribution in [0.15, 0.2) is 46.6 Å². The first-order valence-corrected chi connectivity index (χ1v) is 9.29. The van der Waals surface area contributed by atoms with Crippen molar-refractivity contribution in [3.8, 4) is 0 Å². The van der Waals surface area contributed by atoms with Gasteiger partial charge in [-0.3, -0.25) is 0 Å². The Kier molecular flexibility index (Phi) is 7.53. The fourth-order valence-corrected chi connectivity index (χ4v) is 3.54. The van der Waals surface area contributed by atoms with Gasteiger partial charge in [-0.1, -0.05) is 88.0 Å². The number of hydrogen-bond acceptors (Lipinski definition) is 0. The molecule has 0 heterocycles. The second kappa shape index (κ2) is 8.06. The first kappa shape index (κ1) is 14.9. The van der Waals surface area contributed by atoms with E-state index in [2.05, 4.69) is 88.0 Å². The minimum absolute atomic E-state index is 0.883. The molecule has 0 unspecified atom stereocenters. The van der Waals surface area contributed by atoms with E-state index in [9.17, 15) is 0 Å². The van der Waals surface area contributed by atoms with Crippen LogP contribution >= 0.6 is 63.7 Å². The van der Waals surface area contributed by atoms with Crippen molar-refractivity contribution < 1.29 is 0 Å². The van der Waals surface area contributed by atoms with Crippen LogP contribution in [0.5, 0.6) is 0 Å². The third kappa shape index (κ3) is 3.97. The summed E-state index contributed by atoms with van der Waals surface area (Å²) in [6.07, 6.45) is 8.75. The first-order valence-electron chi connectivity index (χ1n) is 4.80. The molecule has 0 aromatic carbocycles. The lowest BCUT2D eigenvalue weighted by Crippen LogP contribution is -1.97. The minimum Gasteiger partial charge on any atom is -0.0876 e. The van der Waals surface area contributed by atoms with E-state index >= 15 is 0 Å². The smallest absolute Gasteiger partial charge is 0.0286 e. The van der Waals surface area contributed by atoms with Crippen LogP contribution in [0.1, 0.15) is 0 Å². The predicted octanol–water partition coefficient (Wildman–Crippen LogP) is 5.29. The van der Waals surface area contributed by atoms with Gasteiger partial charge in [-0.2, -0.15) is 0 Å². The third-order valence-electron chi connectivity index (χ3n) is 2.37. The van der Waals surface area contributed by atoms with E-state index in [1.165, 1.54) is 22.3 Å². The average molecular weight is 476 g/mol. The number of halogens is 4. The van der Waals surface area contributed by atoms with Gasteiger partial charge in [-0.05, 0) is 22.3 Å². The van der Waals surface area contributed by atoms with Crippen LogP contribution < -0.4 is 0 Å². The molecule has 0 spiro atoms. The van der Waals surface area contributed by atoms with E-state index in [0.29, 0.717) is 0 Å². The normalized spacial score (nSPS) is 16.8. The molecule has 0 N–H and O–H groups in total. The van der Waals surface area contributed by atoms with Crippen molar-refractivity contribution >= 4 is 63.7 Å². The van der Waals surface area contributed by atoms with Crippen LogP contribution in [0, 0.1) is 0 Å². The lowest BCUT2D eigenvalue weighted by molar-refractivity contribution is 1.34. The lowest BCUT2D eigenvalue weighted by atomic mass is 10.0. The van der Waals surface area contributed by atoms with Crippen LogP contribution in [0.4, 0.5) is 0 Å². The summed E-state index contributed by atoms with van der Waals surface area (Å²) < 4.78 is 0. The summed E-state index contributed by atoms with van der Waals surface area (Å²) in [5, 5.41) is 3.53. The fourth-order valence-electron chi connectivity index (χ4n) is 1.35. The largest absolute Gasteiger partial charge is 0.0876 e. The van der Waals surface area contributed by atoms with Gasteiger partial charge in [-0.25, -0.2) is 0 Å². The Morgan fingerprint density at radius 1 is 0.500 bits per heavy atom. The molecule has 1 rings (SSSR count). The lowest BCUT2D eigenvalue weighted by Gasteiger charge is -2.10. The first-order chi connectivity index (χ1) is 7.76. The molecular weight excluding hydrogens is 464 g/mol. The topological polar surface area (TPSA) is 0 Å². The van der Waals surface area contributed by atoms with Crippen molar-refractivity contribution in [1.29, 1.82) is 0 Å². The molecule has 88 valence electrons. The third-order valence-corrected chi connectivity index (χ3v) is 4.79. The Hall–Kier alpha value is 0.880. The van der Waals surface area contributed by atoms with Crippen LogP contribution in [0.3, 0.4) is 0 Å². The molecule has 0 nitrogen and oxygen atoms in total. The Bertz CT molecular complexity index is 293. The second-order valence-corrected chi connectivity index (χ2v) is 5.55. The zero-order valence-electron chi connectivity index (χ0n) is 8.65. The summed E-state index contributed by atoms with van der Waals surface area (Å²) in [7, 11) is 0. The highest BCUT2D eigenvalue weighted by atomic mass is 79.9. The van der Waals surface area contributed by atoms with Gasteiger partial charge in [0.2, 0.25) is 0 Å². The molecule has 0 saturated carbocycles. The maximum Gasteiger partial charge on any atom is 0.0286 e. The van der Waals surface area contributed by atoms with Gasteiger partial charge in [0, 0.05) is 21.3 Å². The molecule has 0 saturated heterocycles. The zero-order chi connectivity index (χ0) is 12.0. The van der Waals surface area contributed by atoms with Crippen molar-refractivity contribution in [2.45, 2.75) is 0 Å². The quantitative estimate of drug-likeness (QED) is 0.485. The summed E-state index contributed by atoms with van der Waals surface area (Å²) in [6, 6.07) is 0. The predicted molar refractivity (Wildman–Crippen MR) is 87.5 cm³/mol. The van der Waals surface area contributed by atoms with Gasteiger partial charge in [0.15, 0.2) is 0 Å². The summed E-state index contributed by atoms with van der Waals surface area (Å²) in [5.74, 6) is 0. The molecule has 0 fully saturated rings. The molecule has 0 aromatic rings. The summed E-state index contributed by atoms with van der Waals surface area (Å²) in [5.41, 5.74) is 5.28. The molecule has 0 atom stereocenters. The van der Waals surface area contributed by atoms with E-state index < -0.39 is 0 Å². The number of alkyl halides is 4. The molecule has 16 heavy (non-hydrogen) atoms.